The maximum absolute atomic E-state index is 3.57. The second-order valence-corrected chi connectivity index (χ2v) is 6.36. The fourth-order valence-corrected chi connectivity index (χ4v) is 2.56. The molecule has 1 fully saturated rings. The van der Waals surface area contributed by atoms with Gasteiger partial charge in [-0.1, -0.05) is 45.7 Å². The molecule has 0 radical (unpaired) electrons. The third-order valence-corrected chi connectivity index (χ3v) is 3.82. The van der Waals surface area contributed by atoms with Gasteiger partial charge in [0.25, 0.3) is 0 Å². The molecule has 0 unspecified atom stereocenters. The quantitative estimate of drug-likeness (QED) is 0.802. The number of benzene rings is 1. The van der Waals surface area contributed by atoms with Gasteiger partial charge in [0.1, 0.15) is 0 Å². The normalized spacial score (nSPS) is 17.4. The van der Waals surface area contributed by atoms with E-state index in [0.717, 1.165) is 12.5 Å². The Hall–Kier alpha value is -0.980. The monoisotopic (exact) mass is 231 g/mol. The van der Waals surface area contributed by atoms with Crippen LogP contribution < -0.4 is 5.32 Å². The lowest BCUT2D eigenvalue weighted by Gasteiger charge is -2.19. The molecule has 0 spiro atoms. The third kappa shape index (κ3) is 3.49. The first-order valence-electron chi connectivity index (χ1n) is 6.90. The second kappa shape index (κ2) is 5.12. The van der Waals surface area contributed by atoms with Gasteiger partial charge in [-0.2, -0.15) is 0 Å². The van der Waals surface area contributed by atoms with E-state index in [9.17, 15) is 0 Å². The molecule has 0 aliphatic heterocycles. The number of nitrogens with one attached hydrogen (secondary N) is 1. The number of hydrogen-bond donors (Lipinski definition) is 1. The fourth-order valence-electron chi connectivity index (χ4n) is 2.56. The van der Waals surface area contributed by atoms with Crippen LogP contribution in [0.2, 0.25) is 0 Å². The van der Waals surface area contributed by atoms with Crippen molar-refractivity contribution in [1.29, 1.82) is 0 Å². The predicted molar refractivity (Wildman–Crippen MR) is 75.6 cm³/mol. The maximum atomic E-state index is 3.57. The van der Waals surface area contributed by atoms with E-state index in [1.54, 1.807) is 0 Å². The topological polar surface area (TPSA) is 12.0 Å². The Labute approximate surface area is 106 Å². The van der Waals surface area contributed by atoms with E-state index < -0.39 is 0 Å². The summed E-state index contributed by atoms with van der Waals surface area (Å²) in [5.74, 6) is 0.900. The molecule has 0 saturated heterocycles. The van der Waals surface area contributed by atoms with Gasteiger partial charge in [0.05, 0.1) is 0 Å². The number of hydrogen-bond acceptors (Lipinski definition) is 1. The smallest absolute Gasteiger partial charge is 0.0340 e. The number of rotatable bonds is 3. The molecule has 0 heterocycles. The fraction of sp³-hybridized carbons (Fsp3) is 0.625. The minimum atomic E-state index is 0.254. The average molecular weight is 231 g/mol. The molecular weight excluding hydrogens is 206 g/mol. The molecule has 2 rings (SSSR count). The van der Waals surface area contributed by atoms with Crippen molar-refractivity contribution >= 4 is 5.69 Å². The van der Waals surface area contributed by atoms with Crippen molar-refractivity contribution in [3.05, 3.63) is 29.8 Å². The van der Waals surface area contributed by atoms with Crippen LogP contribution in [0.5, 0.6) is 0 Å². The Morgan fingerprint density at radius 3 is 2.18 bits per heavy atom. The van der Waals surface area contributed by atoms with Gasteiger partial charge in [0.15, 0.2) is 0 Å². The molecule has 1 aliphatic carbocycles. The van der Waals surface area contributed by atoms with Crippen molar-refractivity contribution in [2.24, 2.45) is 5.92 Å². The summed E-state index contributed by atoms with van der Waals surface area (Å²) in [4.78, 5) is 0. The number of anilines is 1. The minimum Gasteiger partial charge on any atom is -0.385 e. The molecule has 1 saturated carbocycles. The van der Waals surface area contributed by atoms with Gasteiger partial charge in [-0.15, -0.1) is 0 Å². The molecule has 1 aromatic carbocycles. The van der Waals surface area contributed by atoms with Crippen LogP contribution in [-0.4, -0.2) is 6.54 Å². The first kappa shape index (κ1) is 12.5. The molecule has 0 atom stereocenters. The summed E-state index contributed by atoms with van der Waals surface area (Å²) in [5.41, 5.74) is 2.93. The predicted octanol–water partition coefficient (Wildman–Crippen LogP) is 4.59. The summed E-state index contributed by atoms with van der Waals surface area (Å²) in [6.07, 6.45) is 5.67. The summed E-state index contributed by atoms with van der Waals surface area (Å²) >= 11 is 0. The first-order chi connectivity index (χ1) is 8.05. The zero-order valence-electron chi connectivity index (χ0n) is 11.4. The van der Waals surface area contributed by atoms with Crippen LogP contribution in [0.15, 0.2) is 24.3 Å². The van der Waals surface area contributed by atoms with Crippen LogP contribution in [0.3, 0.4) is 0 Å². The van der Waals surface area contributed by atoms with Crippen molar-refractivity contribution in [2.45, 2.75) is 51.9 Å². The van der Waals surface area contributed by atoms with E-state index >= 15 is 0 Å². The molecule has 1 aliphatic rings. The van der Waals surface area contributed by atoms with Gasteiger partial charge in [0, 0.05) is 12.2 Å². The van der Waals surface area contributed by atoms with Crippen LogP contribution in [-0.2, 0) is 5.41 Å². The molecule has 94 valence electrons. The highest BCUT2D eigenvalue weighted by Gasteiger charge is 2.15. The molecule has 17 heavy (non-hydrogen) atoms. The van der Waals surface area contributed by atoms with Gasteiger partial charge in [-0.05, 0) is 41.9 Å². The zero-order chi connectivity index (χ0) is 12.3. The highest BCUT2D eigenvalue weighted by molar-refractivity contribution is 5.45. The van der Waals surface area contributed by atoms with E-state index in [-0.39, 0.29) is 5.41 Å². The van der Waals surface area contributed by atoms with E-state index in [2.05, 4.69) is 50.4 Å². The SMILES string of the molecule is CC(C)(C)c1ccc(NCC2CCCC2)cc1. The second-order valence-electron chi connectivity index (χ2n) is 6.36. The highest BCUT2D eigenvalue weighted by atomic mass is 14.9. The van der Waals surface area contributed by atoms with E-state index in [4.69, 9.17) is 0 Å². The van der Waals surface area contributed by atoms with Crippen molar-refractivity contribution in [3.63, 3.8) is 0 Å². The third-order valence-electron chi connectivity index (χ3n) is 3.82. The summed E-state index contributed by atoms with van der Waals surface area (Å²) < 4.78 is 0. The molecule has 0 aromatic heterocycles. The molecule has 1 nitrogen and oxygen atoms in total. The van der Waals surface area contributed by atoms with Crippen LogP contribution in [0, 0.1) is 5.92 Å². The van der Waals surface area contributed by atoms with Gasteiger partial charge in [0.2, 0.25) is 0 Å². The lowest BCUT2D eigenvalue weighted by molar-refractivity contribution is 0.579. The molecule has 1 aromatic rings. The Morgan fingerprint density at radius 1 is 1.06 bits per heavy atom. The van der Waals surface area contributed by atoms with Crippen LogP contribution in [0.1, 0.15) is 52.0 Å². The van der Waals surface area contributed by atoms with Crippen molar-refractivity contribution in [2.75, 3.05) is 11.9 Å². The average Bonchev–Trinajstić information content (AvgIpc) is 2.78. The van der Waals surface area contributed by atoms with E-state index in [1.807, 2.05) is 0 Å². The van der Waals surface area contributed by atoms with Gasteiger partial charge in [-0.25, -0.2) is 0 Å². The molecule has 0 bridgehead atoms. The van der Waals surface area contributed by atoms with Gasteiger partial charge in [-0.3, -0.25) is 0 Å². The van der Waals surface area contributed by atoms with Crippen molar-refractivity contribution in [3.8, 4) is 0 Å². The van der Waals surface area contributed by atoms with E-state index in [0.29, 0.717) is 0 Å². The standard InChI is InChI=1S/C16H25N/c1-16(2,3)14-8-10-15(11-9-14)17-12-13-6-4-5-7-13/h8-11,13,17H,4-7,12H2,1-3H3. The molecule has 1 N–H and O–H groups in total. The van der Waals surface area contributed by atoms with E-state index in [1.165, 1.54) is 36.9 Å². The molecular formula is C16H25N. The Balaban J connectivity index is 1.89. The van der Waals surface area contributed by atoms with Crippen LogP contribution in [0.4, 0.5) is 5.69 Å². The zero-order valence-corrected chi connectivity index (χ0v) is 11.4. The van der Waals surface area contributed by atoms with Crippen LogP contribution in [0.25, 0.3) is 0 Å². The Morgan fingerprint density at radius 2 is 1.65 bits per heavy atom. The Kier molecular flexibility index (Phi) is 3.76. The first-order valence-corrected chi connectivity index (χ1v) is 6.90. The Bertz CT molecular complexity index is 339. The van der Waals surface area contributed by atoms with Gasteiger partial charge < -0.3 is 5.32 Å². The van der Waals surface area contributed by atoms with Crippen molar-refractivity contribution < 1.29 is 0 Å². The minimum absolute atomic E-state index is 0.254. The van der Waals surface area contributed by atoms with Crippen molar-refractivity contribution in [1.82, 2.24) is 0 Å². The molecule has 0 amide bonds. The lowest BCUT2D eigenvalue weighted by atomic mass is 9.87. The highest BCUT2D eigenvalue weighted by Crippen LogP contribution is 2.26. The summed E-state index contributed by atoms with van der Waals surface area (Å²) in [6.45, 7) is 7.92. The van der Waals surface area contributed by atoms with Gasteiger partial charge >= 0.3 is 0 Å². The lowest BCUT2D eigenvalue weighted by Crippen LogP contribution is -2.12. The molecule has 1 heteroatoms. The largest absolute Gasteiger partial charge is 0.385 e. The maximum Gasteiger partial charge on any atom is 0.0340 e. The summed E-state index contributed by atoms with van der Waals surface area (Å²) in [6, 6.07) is 8.93. The summed E-state index contributed by atoms with van der Waals surface area (Å²) in [5, 5.41) is 3.57. The van der Waals surface area contributed by atoms with Crippen LogP contribution >= 0.6 is 0 Å². The summed E-state index contributed by atoms with van der Waals surface area (Å²) in [7, 11) is 0.